The van der Waals surface area contributed by atoms with Crippen LogP contribution in [0.15, 0.2) is 0 Å². The Morgan fingerprint density at radius 1 is 1.33 bits per heavy atom. The van der Waals surface area contributed by atoms with Gasteiger partial charge in [-0.2, -0.15) is 0 Å². The number of halogens is 3. The number of rotatable bonds is 4. The number of nitrogens with zero attached hydrogens (tertiary/aromatic N) is 1. The molecule has 1 heterocycles. The highest BCUT2D eigenvalue weighted by Crippen LogP contribution is 2.38. The monoisotopic (exact) mass is 308 g/mol. The Bertz CT molecular complexity index is 419. The van der Waals surface area contributed by atoms with E-state index in [2.05, 4.69) is 10.1 Å². The molecule has 1 saturated carbocycles. The van der Waals surface area contributed by atoms with Crippen molar-refractivity contribution in [1.29, 1.82) is 0 Å². The van der Waals surface area contributed by atoms with Crippen LogP contribution in [0.1, 0.15) is 39.0 Å². The third-order valence-electron chi connectivity index (χ3n) is 4.23. The Morgan fingerprint density at radius 3 is 2.48 bits per heavy atom. The summed E-state index contributed by atoms with van der Waals surface area (Å²) in [5.41, 5.74) is -0.988. The molecule has 0 bridgehead atoms. The van der Waals surface area contributed by atoms with Crippen molar-refractivity contribution in [2.45, 2.75) is 57.0 Å². The Morgan fingerprint density at radius 2 is 1.95 bits per heavy atom. The van der Waals surface area contributed by atoms with Crippen LogP contribution in [-0.2, 0) is 14.3 Å². The molecule has 0 radical (unpaired) electrons. The van der Waals surface area contributed by atoms with Crippen molar-refractivity contribution in [3.63, 3.8) is 0 Å². The van der Waals surface area contributed by atoms with Crippen LogP contribution in [0.3, 0.4) is 0 Å². The summed E-state index contributed by atoms with van der Waals surface area (Å²) in [7, 11) is 0. The van der Waals surface area contributed by atoms with Crippen LogP contribution in [0.5, 0.6) is 0 Å². The molecule has 120 valence electrons. The zero-order valence-electron chi connectivity index (χ0n) is 11.8. The zero-order chi connectivity index (χ0) is 15.7. The van der Waals surface area contributed by atoms with Gasteiger partial charge >= 0.3 is 6.36 Å². The minimum Gasteiger partial charge on any atom is -0.342 e. The summed E-state index contributed by atoms with van der Waals surface area (Å²) >= 11 is 0. The summed E-state index contributed by atoms with van der Waals surface area (Å²) in [5, 5.41) is 2.69. The van der Waals surface area contributed by atoms with Crippen molar-refractivity contribution < 1.29 is 27.5 Å². The molecule has 1 saturated heterocycles. The maximum atomic E-state index is 12.4. The number of hydrogen-bond acceptors (Lipinski definition) is 3. The van der Waals surface area contributed by atoms with Gasteiger partial charge in [0, 0.05) is 6.54 Å². The van der Waals surface area contributed by atoms with E-state index < -0.39 is 24.6 Å². The van der Waals surface area contributed by atoms with Crippen LogP contribution in [0.25, 0.3) is 0 Å². The Kier molecular flexibility index (Phi) is 4.46. The van der Waals surface area contributed by atoms with Crippen LogP contribution in [0, 0.1) is 0 Å². The maximum absolute atomic E-state index is 12.4. The molecule has 1 aliphatic heterocycles. The molecule has 1 aliphatic carbocycles. The fraction of sp³-hybridized carbons (Fsp3) is 0.846. The predicted molar refractivity (Wildman–Crippen MR) is 67.1 cm³/mol. The van der Waals surface area contributed by atoms with E-state index in [0.29, 0.717) is 19.3 Å². The molecule has 2 amide bonds. The van der Waals surface area contributed by atoms with Gasteiger partial charge in [0.15, 0.2) is 0 Å². The number of carbonyl (C=O) groups excluding carboxylic acids is 2. The molecule has 5 nitrogen and oxygen atoms in total. The molecule has 2 fully saturated rings. The van der Waals surface area contributed by atoms with Crippen LogP contribution >= 0.6 is 0 Å². The second-order valence-electron chi connectivity index (χ2n) is 5.46. The van der Waals surface area contributed by atoms with Crippen LogP contribution in [-0.4, -0.2) is 47.8 Å². The highest BCUT2D eigenvalue weighted by Gasteiger charge is 2.53. The summed E-state index contributed by atoms with van der Waals surface area (Å²) in [4.78, 5) is 26.0. The number of carbonyl (C=O) groups is 2. The van der Waals surface area contributed by atoms with Crippen molar-refractivity contribution in [3.8, 4) is 0 Å². The first kappa shape index (κ1) is 16.1. The van der Waals surface area contributed by atoms with E-state index in [0.717, 1.165) is 12.8 Å². The first-order valence-corrected chi connectivity index (χ1v) is 7.13. The van der Waals surface area contributed by atoms with E-state index in [4.69, 9.17) is 0 Å². The average Bonchev–Trinajstić information content (AvgIpc) is 2.87. The standard InChI is InChI=1S/C13H19F3N2O3/c1-2-9-10(19)18(7-8-21-13(14,15)16)12(11(20)17-9)5-3-4-6-12/h9H,2-8H2,1H3,(H,17,20). The first-order valence-electron chi connectivity index (χ1n) is 7.13. The highest BCUT2D eigenvalue weighted by molar-refractivity contribution is 6.00. The zero-order valence-corrected chi connectivity index (χ0v) is 11.8. The normalized spacial score (nSPS) is 25.5. The fourth-order valence-electron chi connectivity index (χ4n) is 3.19. The van der Waals surface area contributed by atoms with E-state index in [1.165, 1.54) is 4.90 Å². The van der Waals surface area contributed by atoms with Gasteiger partial charge in [0.05, 0.1) is 6.61 Å². The molecule has 1 unspecified atom stereocenters. The van der Waals surface area contributed by atoms with Gasteiger partial charge in [-0.3, -0.25) is 14.3 Å². The summed E-state index contributed by atoms with van der Waals surface area (Å²) in [6, 6.07) is -0.658. The molecular weight excluding hydrogens is 289 g/mol. The van der Waals surface area contributed by atoms with E-state index in [9.17, 15) is 22.8 Å². The van der Waals surface area contributed by atoms with Crippen molar-refractivity contribution in [2.75, 3.05) is 13.2 Å². The van der Waals surface area contributed by atoms with Gasteiger partial charge in [-0.15, -0.1) is 13.2 Å². The molecule has 2 aliphatic rings. The van der Waals surface area contributed by atoms with Crippen molar-refractivity contribution in [1.82, 2.24) is 10.2 Å². The molecule has 0 aromatic rings. The molecule has 1 N–H and O–H groups in total. The Hall–Kier alpha value is -1.31. The summed E-state index contributed by atoms with van der Waals surface area (Å²) in [6.07, 6.45) is -1.76. The minimum absolute atomic E-state index is 0.220. The van der Waals surface area contributed by atoms with Crippen LogP contribution < -0.4 is 5.32 Å². The van der Waals surface area contributed by atoms with Crippen molar-refractivity contribution in [3.05, 3.63) is 0 Å². The number of hydrogen-bond donors (Lipinski definition) is 1. The Labute approximate surface area is 120 Å². The molecular formula is C13H19F3N2O3. The smallest absolute Gasteiger partial charge is 0.342 e. The second kappa shape index (κ2) is 5.82. The lowest BCUT2D eigenvalue weighted by molar-refractivity contribution is -0.325. The predicted octanol–water partition coefficient (Wildman–Crippen LogP) is 1.57. The molecule has 8 heteroatoms. The second-order valence-corrected chi connectivity index (χ2v) is 5.46. The highest BCUT2D eigenvalue weighted by atomic mass is 19.4. The maximum Gasteiger partial charge on any atom is 0.522 e. The molecule has 1 atom stereocenters. The Balaban J connectivity index is 2.14. The molecule has 0 aromatic carbocycles. The largest absolute Gasteiger partial charge is 0.522 e. The third kappa shape index (κ3) is 3.14. The molecule has 0 aromatic heterocycles. The van der Waals surface area contributed by atoms with E-state index >= 15 is 0 Å². The van der Waals surface area contributed by atoms with E-state index in [-0.39, 0.29) is 18.4 Å². The molecule has 1 spiro atoms. The fourth-order valence-corrected chi connectivity index (χ4v) is 3.19. The van der Waals surface area contributed by atoms with E-state index in [1.807, 2.05) is 0 Å². The van der Waals surface area contributed by atoms with Gasteiger partial charge in [-0.25, -0.2) is 0 Å². The van der Waals surface area contributed by atoms with Crippen LogP contribution in [0.4, 0.5) is 13.2 Å². The van der Waals surface area contributed by atoms with Gasteiger partial charge in [0.2, 0.25) is 11.8 Å². The van der Waals surface area contributed by atoms with E-state index in [1.54, 1.807) is 6.92 Å². The summed E-state index contributed by atoms with van der Waals surface area (Å²) < 4.78 is 40.0. The third-order valence-corrected chi connectivity index (χ3v) is 4.23. The quantitative estimate of drug-likeness (QED) is 0.858. The van der Waals surface area contributed by atoms with Gasteiger partial charge in [-0.1, -0.05) is 19.8 Å². The summed E-state index contributed by atoms with van der Waals surface area (Å²) in [6.45, 7) is 0.878. The number of piperazine rings is 1. The lowest BCUT2D eigenvalue weighted by Gasteiger charge is -2.46. The van der Waals surface area contributed by atoms with Crippen molar-refractivity contribution in [2.24, 2.45) is 0 Å². The van der Waals surface area contributed by atoms with Gasteiger partial charge in [0.1, 0.15) is 11.6 Å². The number of amides is 2. The number of alkyl halides is 3. The SMILES string of the molecule is CCC1NC(=O)C2(CCCC2)N(CCOC(F)(F)F)C1=O. The summed E-state index contributed by atoms with van der Waals surface area (Å²) in [5.74, 6) is -0.566. The minimum atomic E-state index is -4.73. The number of ether oxygens (including phenoxy) is 1. The lowest BCUT2D eigenvalue weighted by Crippen LogP contribution is -2.70. The molecule has 2 rings (SSSR count). The van der Waals surface area contributed by atoms with Gasteiger partial charge < -0.3 is 10.2 Å². The van der Waals surface area contributed by atoms with Gasteiger partial charge in [-0.05, 0) is 19.3 Å². The van der Waals surface area contributed by atoms with Crippen molar-refractivity contribution >= 4 is 11.8 Å². The lowest BCUT2D eigenvalue weighted by atomic mass is 9.89. The molecule has 21 heavy (non-hydrogen) atoms. The average molecular weight is 308 g/mol. The van der Waals surface area contributed by atoms with Gasteiger partial charge in [0.25, 0.3) is 0 Å². The number of nitrogens with one attached hydrogen (secondary N) is 1. The van der Waals surface area contributed by atoms with Crippen LogP contribution in [0.2, 0.25) is 0 Å². The first-order chi connectivity index (χ1) is 9.80. The topological polar surface area (TPSA) is 58.6 Å².